The van der Waals surface area contributed by atoms with Crippen molar-refractivity contribution in [1.29, 1.82) is 0 Å². The van der Waals surface area contributed by atoms with Crippen molar-refractivity contribution in [3.8, 4) is 5.75 Å². The number of hydrogen-bond donors (Lipinski definition) is 2. The third-order valence-corrected chi connectivity index (χ3v) is 6.65. The monoisotopic (exact) mass is 468 g/mol. The minimum absolute atomic E-state index is 0.0729. The summed E-state index contributed by atoms with van der Waals surface area (Å²) in [5.41, 5.74) is 0.232. The van der Waals surface area contributed by atoms with Crippen LogP contribution in [-0.4, -0.2) is 67.6 Å². The minimum atomic E-state index is -0.700. The Kier molecular flexibility index (Phi) is 8.88. The highest BCUT2D eigenvalue weighted by molar-refractivity contribution is 5.94. The van der Waals surface area contributed by atoms with Crippen molar-refractivity contribution in [2.45, 2.75) is 51.6 Å². The predicted molar refractivity (Wildman–Crippen MR) is 118 cm³/mol. The van der Waals surface area contributed by atoms with Crippen molar-refractivity contribution in [3.63, 3.8) is 0 Å². The molecule has 2 fully saturated rings. The van der Waals surface area contributed by atoms with Gasteiger partial charge in [-0.25, -0.2) is 13.6 Å². The standard InChI is InChI=1S/C24H34F2N2O5/c1-17(16-25)33-23(31)28-9-6-24(7-10-28)14-18(15-24)3-2-12-32-19-4-5-20(21(26)13-19)22(30)27-8-11-29/h4-5,13,17-18,29H,2-3,6-12,14-16H2,1H3,(H,27,30). The lowest BCUT2D eigenvalue weighted by molar-refractivity contribution is -0.0225. The molecule has 0 radical (unpaired) electrons. The third-order valence-electron chi connectivity index (χ3n) is 6.65. The number of ether oxygens (including phenoxy) is 2. The van der Waals surface area contributed by atoms with Gasteiger partial charge in [0.25, 0.3) is 5.91 Å². The largest absolute Gasteiger partial charge is 0.493 e. The number of nitrogens with zero attached hydrogens (tertiary/aromatic N) is 1. The number of piperidine rings is 1. The molecule has 1 saturated heterocycles. The van der Waals surface area contributed by atoms with Gasteiger partial charge in [0.2, 0.25) is 0 Å². The molecule has 3 rings (SSSR count). The van der Waals surface area contributed by atoms with Gasteiger partial charge in [0.05, 0.1) is 18.8 Å². The van der Waals surface area contributed by atoms with E-state index in [4.69, 9.17) is 14.6 Å². The molecule has 1 heterocycles. The Labute approximate surface area is 193 Å². The molecule has 2 N–H and O–H groups in total. The first-order valence-electron chi connectivity index (χ1n) is 11.7. The lowest BCUT2D eigenvalue weighted by Crippen LogP contribution is -2.49. The van der Waals surface area contributed by atoms with Crippen molar-refractivity contribution in [2.24, 2.45) is 11.3 Å². The van der Waals surface area contributed by atoms with Crippen LogP contribution in [0.5, 0.6) is 5.75 Å². The van der Waals surface area contributed by atoms with Gasteiger partial charge in [-0.1, -0.05) is 0 Å². The molecular formula is C24H34F2N2O5. The second-order valence-corrected chi connectivity index (χ2v) is 9.22. The molecule has 0 aromatic heterocycles. The van der Waals surface area contributed by atoms with Gasteiger partial charge in [-0.05, 0) is 68.9 Å². The molecule has 1 aromatic carbocycles. The number of aliphatic hydroxyl groups is 1. The molecule has 184 valence electrons. The van der Waals surface area contributed by atoms with Crippen LogP contribution in [-0.2, 0) is 4.74 Å². The average molecular weight is 469 g/mol. The number of rotatable bonds is 10. The topological polar surface area (TPSA) is 88.1 Å². The van der Waals surface area contributed by atoms with Gasteiger partial charge in [-0.15, -0.1) is 0 Å². The number of amides is 2. The fourth-order valence-electron chi connectivity index (χ4n) is 4.82. The number of likely N-dealkylation sites (tertiary alicyclic amines) is 1. The lowest BCUT2D eigenvalue weighted by atomic mass is 9.56. The first kappa shape index (κ1) is 25.2. The fourth-order valence-corrected chi connectivity index (χ4v) is 4.82. The van der Waals surface area contributed by atoms with Gasteiger partial charge in [0.1, 0.15) is 24.3 Å². The van der Waals surface area contributed by atoms with Crippen molar-refractivity contribution in [2.75, 3.05) is 39.5 Å². The molecule has 33 heavy (non-hydrogen) atoms. The second-order valence-electron chi connectivity index (χ2n) is 9.22. The maximum Gasteiger partial charge on any atom is 0.410 e. The van der Waals surface area contributed by atoms with Crippen molar-refractivity contribution in [1.82, 2.24) is 10.2 Å². The van der Waals surface area contributed by atoms with E-state index in [2.05, 4.69) is 5.32 Å². The molecule has 9 heteroatoms. The first-order chi connectivity index (χ1) is 15.9. The van der Waals surface area contributed by atoms with Gasteiger partial charge in [0.15, 0.2) is 0 Å². The Bertz CT molecular complexity index is 806. The van der Waals surface area contributed by atoms with Gasteiger partial charge in [-0.2, -0.15) is 0 Å². The molecule has 1 aliphatic heterocycles. The van der Waals surface area contributed by atoms with Crippen molar-refractivity contribution >= 4 is 12.0 Å². The maximum atomic E-state index is 14.1. The quantitative estimate of drug-likeness (QED) is 0.512. The van der Waals surface area contributed by atoms with Crippen LogP contribution in [0.15, 0.2) is 18.2 Å². The maximum absolute atomic E-state index is 14.1. The number of alkyl halides is 1. The van der Waals surface area contributed by atoms with E-state index in [0.29, 0.717) is 36.8 Å². The van der Waals surface area contributed by atoms with Crippen LogP contribution in [0, 0.1) is 17.2 Å². The summed E-state index contributed by atoms with van der Waals surface area (Å²) in [6.07, 6.45) is 4.97. The average Bonchev–Trinajstić information content (AvgIpc) is 2.79. The van der Waals surface area contributed by atoms with Crippen LogP contribution < -0.4 is 10.1 Å². The SMILES string of the molecule is CC(CF)OC(=O)N1CCC2(CC1)CC(CCCOc1ccc(C(=O)NCCO)c(F)c1)C2. The van der Waals surface area contributed by atoms with E-state index in [1.54, 1.807) is 17.9 Å². The summed E-state index contributed by atoms with van der Waals surface area (Å²) in [4.78, 5) is 25.5. The van der Waals surface area contributed by atoms with Crippen LogP contribution in [0.4, 0.5) is 13.6 Å². The molecule has 1 unspecified atom stereocenters. The number of carbonyl (C=O) groups excluding carboxylic acids is 2. The lowest BCUT2D eigenvalue weighted by Gasteiger charge is -2.52. The molecular weight excluding hydrogens is 434 g/mol. The molecule has 1 atom stereocenters. The Morgan fingerprint density at radius 2 is 2.03 bits per heavy atom. The van der Waals surface area contributed by atoms with Crippen molar-refractivity contribution in [3.05, 3.63) is 29.6 Å². The highest BCUT2D eigenvalue weighted by Crippen LogP contribution is 2.54. The summed E-state index contributed by atoms with van der Waals surface area (Å²) < 4.78 is 37.4. The zero-order valence-corrected chi connectivity index (χ0v) is 19.2. The zero-order valence-electron chi connectivity index (χ0n) is 19.2. The zero-order chi connectivity index (χ0) is 23.8. The summed E-state index contributed by atoms with van der Waals surface area (Å²) >= 11 is 0. The van der Waals surface area contributed by atoms with Gasteiger partial charge >= 0.3 is 6.09 Å². The number of benzene rings is 1. The highest BCUT2D eigenvalue weighted by Gasteiger charge is 2.46. The van der Waals surface area contributed by atoms with Crippen LogP contribution in [0.3, 0.4) is 0 Å². The number of carbonyl (C=O) groups is 2. The third kappa shape index (κ3) is 6.79. The summed E-state index contributed by atoms with van der Waals surface area (Å²) in [5, 5.41) is 11.2. The van der Waals surface area contributed by atoms with E-state index in [9.17, 15) is 18.4 Å². The van der Waals surface area contributed by atoms with E-state index in [-0.39, 0.29) is 18.7 Å². The number of nitrogens with one attached hydrogen (secondary N) is 1. The Balaban J connectivity index is 1.32. The number of hydrogen-bond acceptors (Lipinski definition) is 5. The number of aliphatic hydroxyl groups excluding tert-OH is 1. The van der Waals surface area contributed by atoms with Crippen LogP contribution in [0.25, 0.3) is 0 Å². The van der Waals surface area contributed by atoms with E-state index in [1.165, 1.54) is 12.1 Å². The minimum Gasteiger partial charge on any atom is -0.493 e. The Hall–Kier alpha value is -2.42. The van der Waals surface area contributed by atoms with Crippen molar-refractivity contribution < 1.29 is 33.0 Å². The van der Waals surface area contributed by atoms with E-state index >= 15 is 0 Å². The van der Waals surface area contributed by atoms with E-state index in [0.717, 1.165) is 38.5 Å². The Morgan fingerprint density at radius 3 is 2.67 bits per heavy atom. The summed E-state index contributed by atoms with van der Waals surface area (Å²) in [6, 6.07) is 4.16. The molecule has 1 spiro atoms. The summed E-state index contributed by atoms with van der Waals surface area (Å²) in [6.45, 7) is 2.55. The van der Waals surface area contributed by atoms with Crippen LogP contribution >= 0.6 is 0 Å². The van der Waals surface area contributed by atoms with Gasteiger partial charge in [-0.3, -0.25) is 4.79 Å². The predicted octanol–water partition coefficient (Wildman–Crippen LogP) is 3.69. The van der Waals surface area contributed by atoms with Crippen LogP contribution in [0.1, 0.15) is 55.8 Å². The van der Waals surface area contributed by atoms with Gasteiger partial charge in [0, 0.05) is 25.7 Å². The van der Waals surface area contributed by atoms with E-state index < -0.39 is 30.6 Å². The molecule has 7 nitrogen and oxygen atoms in total. The normalized spacial score (nSPS) is 18.5. The van der Waals surface area contributed by atoms with E-state index in [1.807, 2.05) is 0 Å². The molecule has 1 aromatic rings. The molecule has 1 saturated carbocycles. The Morgan fingerprint density at radius 1 is 1.30 bits per heavy atom. The number of halogens is 2. The summed E-state index contributed by atoms with van der Waals surface area (Å²) in [5.74, 6) is -0.201. The first-order valence-corrected chi connectivity index (χ1v) is 11.7. The summed E-state index contributed by atoms with van der Waals surface area (Å²) in [7, 11) is 0. The van der Waals surface area contributed by atoms with Gasteiger partial charge < -0.3 is 24.8 Å². The molecule has 2 amide bonds. The highest BCUT2D eigenvalue weighted by atomic mass is 19.1. The molecule has 0 bridgehead atoms. The fraction of sp³-hybridized carbons (Fsp3) is 0.667. The second kappa shape index (κ2) is 11.6. The van der Waals surface area contributed by atoms with Crippen LogP contribution in [0.2, 0.25) is 0 Å². The smallest absolute Gasteiger partial charge is 0.410 e. The molecule has 1 aliphatic carbocycles. The molecule has 2 aliphatic rings.